The molecule has 0 saturated carbocycles. The van der Waals surface area contributed by atoms with Gasteiger partial charge in [-0.2, -0.15) is 0 Å². The molecule has 1 heterocycles. The molecule has 2 rings (SSSR count). The number of carbonyl (C=O) groups excluding carboxylic acids is 1. The number of hydrogen-bond donors (Lipinski definition) is 2. The third-order valence-electron chi connectivity index (χ3n) is 3.76. The highest BCUT2D eigenvalue weighted by Gasteiger charge is 2.16. The van der Waals surface area contributed by atoms with E-state index in [-0.39, 0.29) is 5.91 Å². The minimum atomic E-state index is 0.152. The topological polar surface area (TPSA) is 50.4 Å². The number of rotatable bonds is 9. The summed E-state index contributed by atoms with van der Waals surface area (Å²) < 4.78 is 5.59. The Morgan fingerprint density at radius 2 is 2.14 bits per heavy atom. The summed E-state index contributed by atoms with van der Waals surface area (Å²) in [5.41, 5.74) is 1.30. The van der Waals surface area contributed by atoms with Gasteiger partial charge >= 0.3 is 0 Å². The maximum absolute atomic E-state index is 11.7. The standard InChI is InChI=1S/C17H26N2O2/c20-17(14-16-8-4-10-18-16)19-11-5-12-21-13-9-15-6-2-1-3-7-15/h1-3,6-7,16,18H,4-5,8-14H2,(H,19,20). The summed E-state index contributed by atoms with van der Waals surface area (Å²) in [5, 5.41) is 6.30. The molecule has 116 valence electrons. The maximum Gasteiger partial charge on any atom is 0.221 e. The number of nitrogens with one attached hydrogen (secondary N) is 2. The lowest BCUT2D eigenvalue weighted by Crippen LogP contribution is -2.32. The van der Waals surface area contributed by atoms with E-state index < -0.39 is 0 Å². The zero-order valence-corrected chi connectivity index (χ0v) is 12.6. The Kier molecular flexibility index (Phi) is 7.25. The van der Waals surface area contributed by atoms with Gasteiger partial charge in [0.25, 0.3) is 0 Å². The van der Waals surface area contributed by atoms with Crippen LogP contribution in [-0.2, 0) is 16.0 Å². The summed E-state index contributed by atoms with van der Waals surface area (Å²) in [6, 6.07) is 10.7. The monoisotopic (exact) mass is 290 g/mol. The van der Waals surface area contributed by atoms with Crippen LogP contribution in [0.4, 0.5) is 0 Å². The van der Waals surface area contributed by atoms with E-state index in [1.165, 1.54) is 12.0 Å². The molecule has 1 amide bonds. The molecule has 0 radical (unpaired) electrons. The van der Waals surface area contributed by atoms with Crippen LogP contribution in [0, 0.1) is 0 Å². The molecule has 4 heteroatoms. The smallest absolute Gasteiger partial charge is 0.221 e. The van der Waals surface area contributed by atoms with Crippen LogP contribution >= 0.6 is 0 Å². The summed E-state index contributed by atoms with van der Waals surface area (Å²) in [4.78, 5) is 11.7. The third-order valence-corrected chi connectivity index (χ3v) is 3.76. The Morgan fingerprint density at radius 1 is 1.29 bits per heavy atom. The molecule has 2 N–H and O–H groups in total. The Balaban J connectivity index is 1.42. The van der Waals surface area contributed by atoms with Gasteiger partial charge in [-0.25, -0.2) is 0 Å². The Bertz CT molecular complexity index is 403. The average Bonchev–Trinajstić information content (AvgIpc) is 3.00. The van der Waals surface area contributed by atoms with Crippen molar-refractivity contribution in [3.8, 4) is 0 Å². The first-order valence-corrected chi connectivity index (χ1v) is 7.96. The molecule has 0 spiro atoms. The van der Waals surface area contributed by atoms with Gasteiger partial charge in [-0.05, 0) is 37.8 Å². The largest absolute Gasteiger partial charge is 0.381 e. The molecule has 1 aliphatic heterocycles. The molecular weight excluding hydrogens is 264 g/mol. The van der Waals surface area contributed by atoms with E-state index in [1.54, 1.807) is 0 Å². The van der Waals surface area contributed by atoms with Crippen LogP contribution in [0.15, 0.2) is 30.3 Å². The van der Waals surface area contributed by atoms with Gasteiger partial charge in [0.05, 0.1) is 6.61 Å². The molecule has 1 aromatic rings. The minimum absolute atomic E-state index is 0.152. The van der Waals surface area contributed by atoms with Crippen LogP contribution in [0.3, 0.4) is 0 Å². The van der Waals surface area contributed by atoms with Gasteiger partial charge < -0.3 is 15.4 Å². The van der Waals surface area contributed by atoms with Crippen molar-refractivity contribution in [3.05, 3.63) is 35.9 Å². The first-order valence-electron chi connectivity index (χ1n) is 7.96. The fraction of sp³-hybridized carbons (Fsp3) is 0.588. The Labute approximate surface area is 127 Å². The van der Waals surface area contributed by atoms with Crippen LogP contribution in [0.5, 0.6) is 0 Å². The first kappa shape index (κ1) is 16.0. The number of hydrogen-bond acceptors (Lipinski definition) is 3. The molecule has 1 unspecified atom stereocenters. The summed E-state index contributed by atoms with van der Waals surface area (Å²) in [7, 11) is 0. The SMILES string of the molecule is O=C(CC1CCCN1)NCCCOCCc1ccccc1. The van der Waals surface area contributed by atoms with Gasteiger partial charge in [0.1, 0.15) is 0 Å². The second-order valence-corrected chi connectivity index (χ2v) is 5.55. The van der Waals surface area contributed by atoms with Gasteiger partial charge in [-0.1, -0.05) is 30.3 Å². The number of carbonyl (C=O) groups is 1. The second kappa shape index (κ2) is 9.53. The number of benzene rings is 1. The van der Waals surface area contributed by atoms with Crippen LogP contribution in [0.25, 0.3) is 0 Å². The van der Waals surface area contributed by atoms with Crippen LogP contribution in [-0.4, -0.2) is 38.3 Å². The Morgan fingerprint density at radius 3 is 2.90 bits per heavy atom. The van der Waals surface area contributed by atoms with Crippen molar-refractivity contribution in [2.45, 2.75) is 38.1 Å². The first-order chi connectivity index (χ1) is 10.3. The summed E-state index contributed by atoms with van der Waals surface area (Å²) in [6.45, 7) is 3.20. The van der Waals surface area contributed by atoms with Crippen LogP contribution < -0.4 is 10.6 Å². The third kappa shape index (κ3) is 6.74. The van der Waals surface area contributed by atoms with Gasteiger partial charge in [-0.3, -0.25) is 4.79 Å². The van der Waals surface area contributed by atoms with E-state index in [4.69, 9.17) is 4.74 Å². The number of ether oxygens (including phenoxy) is 1. The van der Waals surface area contributed by atoms with Gasteiger partial charge in [0.15, 0.2) is 0 Å². The summed E-state index contributed by atoms with van der Waals surface area (Å²) in [5.74, 6) is 0.152. The molecule has 0 bridgehead atoms. The van der Waals surface area contributed by atoms with E-state index in [9.17, 15) is 4.79 Å². The highest BCUT2D eigenvalue weighted by molar-refractivity contribution is 5.76. The maximum atomic E-state index is 11.7. The highest BCUT2D eigenvalue weighted by Crippen LogP contribution is 2.08. The van der Waals surface area contributed by atoms with E-state index in [2.05, 4.69) is 22.8 Å². The lowest BCUT2D eigenvalue weighted by Gasteiger charge is -2.10. The number of amides is 1. The average molecular weight is 290 g/mol. The molecule has 4 nitrogen and oxygen atoms in total. The van der Waals surface area contributed by atoms with Gasteiger partial charge in [0.2, 0.25) is 5.91 Å². The minimum Gasteiger partial charge on any atom is -0.381 e. The zero-order valence-electron chi connectivity index (χ0n) is 12.6. The van der Waals surface area contributed by atoms with E-state index in [0.29, 0.717) is 25.6 Å². The van der Waals surface area contributed by atoms with Crippen molar-refractivity contribution in [2.24, 2.45) is 0 Å². The second-order valence-electron chi connectivity index (χ2n) is 5.55. The molecular formula is C17H26N2O2. The summed E-state index contributed by atoms with van der Waals surface area (Å²) >= 11 is 0. The van der Waals surface area contributed by atoms with Gasteiger partial charge in [-0.15, -0.1) is 0 Å². The predicted molar refractivity (Wildman–Crippen MR) is 84.2 cm³/mol. The van der Waals surface area contributed by atoms with Crippen LogP contribution in [0.1, 0.15) is 31.2 Å². The molecule has 1 fully saturated rings. The quantitative estimate of drug-likeness (QED) is 0.683. The Hall–Kier alpha value is -1.39. The zero-order chi connectivity index (χ0) is 14.8. The van der Waals surface area contributed by atoms with Crippen molar-refractivity contribution >= 4 is 5.91 Å². The van der Waals surface area contributed by atoms with E-state index in [1.807, 2.05) is 18.2 Å². The molecule has 1 atom stereocenters. The van der Waals surface area contributed by atoms with Gasteiger partial charge in [0, 0.05) is 25.6 Å². The molecule has 1 saturated heterocycles. The van der Waals surface area contributed by atoms with Crippen molar-refractivity contribution < 1.29 is 9.53 Å². The molecule has 0 aromatic heterocycles. The van der Waals surface area contributed by atoms with Crippen molar-refractivity contribution in [1.29, 1.82) is 0 Å². The molecule has 1 aromatic carbocycles. The normalized spacial score (nSPS) is 17.8. The fourth-order valence-corrected chi connectivity index (χ4v) is 2.57. The highest BCUT2D eigenvalue weighted by atomic mass is 16.5. The van der Waals surface area contributed by atoms with Crippen molar-refractivity contribution in [1.82, 2.24) is 10.6 Å². The predicted octanol–water partition coefficient (Wildman–Crippen LogP) is 1.89. The molecule has 1 aliphatic rings. The lowest BCUT2D eigenvalue weighted by molar-refractivity contribution is -0.121. The molecule has 21 heavy (non-hydrogen) atoms. The fourth-order valence-electron chi connectivity index (χ4n) is 2.57. The van der Waals surface area contributed by atoms with Crippen LogP contribution in [0.2, 0.25) is 0 Å². The van der Waals surface area contributed by atoms with Crippen molar-refractivity contribution in [3.63, 3.8) is 0 Å². The summed E-state index contributed by atoms with van der Waals surface area (Å²) in [6.07, 6.45) is 4.73. The van der Waals surface area contributed by atoms with E-state index in [0.717, 1.165) is 32.4 Å². The van der Waals surface area contributed by atoms with E-state index >= 15 is 0 Å². The van der Waals surface area contributed by atoms with Crippen molar-refractivity contribution in [2.75, 3.05) is 26.3 Å². The lowest BCUT2D eigenvalue weighted by atomic mass is 10.1. The molecule has 0 aliphatic carbocycles.